The molecule has 0 bridgehead atoms. The molecule has 1 heterocycles. The lowest BCUT2D eigenvalue weighted by atomic mass is 10.0. The highest BCUT2D eigenvalue weighted by Gasteiger charge is 2.33. The number of carbonyl (C=O) groups is 2. The van der Waals surface area contributed by atoms with E-state index >= 15 is 0 Å². The minimum atomic E-state index is -0.837. The number of ether oxygens (including phenoxy) is 2. The van der Waals surface area contributed by atoms with Crippen molar-refractivity contribution < 1.29 is 28.6 Å². The average Bonchev–Trinajstić information content (AvgIpc) is 3.05. The summed E-state index contributed by atoms with van der Waals surface area (Å²) in [5.41, 5.74) is 1.37. The highest BCUT2D eigenvalue weighted by Crippen LogP contribution is 2.31. The summed E-state index contributed by atoms with van der Waals surface area (Å²) in [5.74, 6) is -1.38. The monoisotopic (exact) mass is 337 g/mol. The van der Waals surface area contributed by atoms with Crippen LogP contribution in [0.15, 0.2) is 12.1 Å². The van der Waals surface area contributed by atoms with Gasteiger partial charge in [-0.15, -0.1) is 0 Å². The van der Waals surface area contributed by atoms with Crippen LogP contribution in [-0.4, -0.2) is 30.3 Å². The van der Waals surface area contributed by atoms with Crippen molar-refractivity contribution in [1.29, 1.82) is 0 Å². The molecule has 7 heteroatoms. The predicted octanol–water partition coefficient (Wildman–Crippen LogP) is 1.85. The number of carbonyl (C=O) groups excluding carboxylic acids is 1. The third-order valence-electron chi connectivity index (χ3n) is 4.60. The zero-order valence-electron chi connectivity index (χ0n) is 13.2. The Kier molecular flexibility index (Phi) is 4.99. The fraction of sp³-hybridized carbons (Fsp3) is 0.529. The average molecular weight is 337 g/mol. The van der Waals surface area contributed by atoms with Crippen LogP contribution in [0.1, 0.15) is 30.4 Å². The molecule has 2 aliphatic rings. The lowest BCUT2D eigenvalue weighted by Crippen LogP contribution is -2.31. The molecule has 6 nitrogen and oxygen atoms in total. The Morgan fingerprint density at radius 3 is 2.83 bits per heavy atom. The van der Waals surface area contributed by atoms with Crippen molar-refractivity contribution in [1.82, 2.24) is 5.32 Å². The molecular weight excluding hydrogens is 317 g/mol. The first-order chi connectivity index (χ1) is 11.5. The highest BCUT2D eigenvalue weighted by atomic mass is 19.1. The molecule has 1 aromatic carbocycles. The zero-order chi connectivity index (χ0) is 17.1. The number of carboxylic acids is 1. The molecule has 2 atom stereocenters. The first-order valence-corrected chi connectivity index (χ1v) is 8.07. The van der Waals surface area contributed by atoms with Crippen molar-refractivity contribution in [3.8, 4) is 5.75 Å². The molecule has 1 aliphatic heterocycles. The van der Waals surface area contributed by atoms with Crippen LogP contribution < -0.4 is 10.1 Å². The Labute approximate surface area is 138 Å². The summed E-state index contributed by atoms with van der Waals surface area (Å²) in [7, 11) is 0. The van der Waals surface area contributed by atoms with E-state index in [9.17, 15) is 14.0 Å². The fourth-order valence-corrected chi connectivity index (χ4v) is 3.35. The number of amides is 1. The van der Waals surface area contributed by atoms with Crippen molar-refractivity contribution in [2.75, 3.05) is 13.3 Å². The quantitative estimate of drug-likeness (QED) is 0.856. The smallest absolute Gasteiger partial charge is 0.306 e. The van der Waals surface area contributed by atoms with Gasteiger partial charge in [-0.1, -0.05) is 0 Å². The van der Waals surface area contributed by atoms with E-state index in [1.54, 1.807) is 0 Å². The maximum atomic E-state index is 13.7. The number of nitrogens with one attached hydrogen (secondary N) is 1. The lowest BCUT2D eigenvalue weighted by molar-refractivity contribution is -0.141. The number of carboxylic acid groups (broad SMARTS) is 1. The van der Waals surface area contributed by atoms with Crippen molar-refractivity contribution in [2.24, 2.45) is 11.8 Å². The van der Waals surface area contributed by atoms with Crippen LogP contribution in [0.25, 0.3) is 0 Å². The number of rotatable bonds is 5. The number of halogens is 1. The minimum Gasteiger partial charge on any atom is -0.481 e. The van der Waals surface area contributed by atoms with Gasteiger partial charge in [-0.25, -0.2) is 4.39 Å². The molecule has 0 unspecified atom stereocenters. The van der Waals surface area contributed by atoms with Gasteiger partial charge in [-0.3, -0.25) is 9.59 Å². The minimum absolute atomic E-state index is 0.131. The molecule has 24 heavy (non-hydrogen) atoms. The van der Waals surface area contributed by atoms with E-state index in [1.165, 1.54) is 12.1 Å². The highest BCUT2D eigenvalue weighted by molar-refractivity contribution is 5.80. The van der Waals surface area contributed by atoms with Gasteiger partial charge < -0.3 is 19.9 Å². The Hall–Kier alpha value is -2.15. The standard InChI is InChI=1S/C17H20FNO5/c18-14-6-10(15-13(7-14)8-23-9-24-15)3-4-19-16(20)11-1-2-12(5-11)17(21)22/h6-7,11-12H,1-5,8-9H2,(H,19,20)(H,21,22)/t11-,12+/m0/s1. The summed E-state index contributed by atoms with van der Waals surface area (Å²) in [5, 5.41) is 11.8. The maximum Gasteiger partial charge on any atom is 0.306 e. The van der Waals surface area contributed by atoms with Crippen LogP contribution in [0.5, 0.6) is 5.75 Å². The number of hydrogen-bond donors (Lipinski definition) is 2. The van der Waals surface area contributed by atoms with Crippen LogP contribution in [0, 0.1) is 17.7 Å². The second-order valence-electron chi connectivity index (χ2n) is 6.25. The van der Waals surface area contributed by atoms with Gasteiger partial charge in [0.15, 0.2) is 6.79 Å². The predicted molar refractivity (Wildman–Crippen MR) is 81.9 cm³/mol. The zero-order valence-corrected chi connectivity index (χ0v) is 13.2. The van der Waals surface area contributed by atoms with E-state index in [1.807, 2.05) is 0 Å². The number of hydrogen-bond acceptors (Lipinski definition) is 4. The van der Waals surface area contributed by atoms with E-state index in [0.29, 0.717) is 55.7 Å². The Morgan fingerprint density at radius 1 is 1.29 bits per heavy atom. The van der Waals surface area contributed by atoms with E-state index in [0.717, 1.165) is 0 Å². The van der Waals surface area contributed by atoms with Gasteiger partial charge in [0.05, 0.1) is 12.5 Å². The van der Waals surface area contributed by atoms with Gasteiger partial charge in [-0.05, 0) is 43.4 Å². The molecule has 2 N–H and O–H groups in total. The first-order valence-electron chi connectivity index (χ1n) is 8.07. The van der Waals surface area contributed by atoms with Gasteiger partial charge in [-0.2, -0.15) is 0 Å². The number of benzene rings is 1. The van der Waals surface area contributed by atoms with Crippen LogP contribution in [0.3, 0.4) is 0 Å². The van der Waals surface area contributed by atoms with Crippen molar-refractivity contribution in [2.45, 2.75) is 32.3 Å². The third-order valence-corrected chi connectivity index (χ3v) is 4.60. The maximum absolute atomic E-state index is 13.7. The number of fused-ring (bicyclic) bond motifs is 1. The lowest BCUT2D eigenvalue weighted by Gasteiger charge is -2.21. The summed E-state index contributed by atoms with van der Waals surface area (Å²) in [4.78, 5) is 23.1. The molecule has 1 fully saturated rings. The van der Waals surface area contributed by atoms with Gasteiger partial charge in [0.1, 0.15) is 11.6 Å². The Morgan fingerprint density at radius 2 is 2.08 bits per heavy atom. The molecule has 3 rings (SSSR count). The molecule has 1 aliphatic carbocycles. The molecular formula is C17H20FNO5. The molecule has 1 amide bonds. The summed E-state index contributed by atoms with van der Waals surface area (Å²) in [6.07, 6.45) is 1.97. The fourth-order valence-electron chi connectivity index (χ4n) is 3.35. The van der Waals surface area contributed by atoms with E-state index < -0.39 is 11.9 Å². The van der Waals surface area contributed by atoms with Gasteiger partial charge in [0.25, 0.3) is 0 Å². The molecule has 0 aromatic heterocycles. The third kappa shape index (κ3) is 3.67. The molecule has 130 valence electrons. The van der Waals surface area contributed by atoms with Crippen LogP contribution in [0.4, 0.5) is 4.39 Å². The van der Waals surface area contributed by atoms with E-state index in [2.05, 4.69) is 5.32 Å². The van der Waals surface area contributed by atoms with Crippen LogP contribution in [-0.2, 0) is 27.4 Å². The number of aliphatic carboxylic acids is 1. The van der Waals surface area contributed by atoms with Gasteiger partial charge in [0.2, 0.25) is 5.91 Å². The summed E-state index contributed by atoms with van der Waals surface area (Å²) in [6.45, 7) is 0.801. The van der Waals surface area contributed by atoms with Gasteiger partial charge >= 0.3 is 5.97 Å². The molecule has 0 saturated heterocycles. The second-order valence-corrected chi connectivity index (χ2v) is 6.25. The van der Waals surface area contributed by atoms with Crippen molar-refractivity contribution in [3.63, 3.8) is 0 Å². The summed E-state index contributed by atoms with van der Waals surface area (Å²) in [6, 6.07) is 2.80. The second kappa shape index (κ2) is 7.17. The Bertz CT molecular complexity index is 648. The largest absolute Gasteiger partial charge is 0.481 e. The van der Waals surface area contributed by atoms with Crippen molar-refractivity contribution in [3.05, 3.63) is 29.1 Å². The molecule has 0 radical (unpaired) electrons. The summed E-state index contributed by atoms with van der Waals surface area (Å²) < 4.78 is 24.2. The SMILES string of the molecule is O=C(O)[C@@H]1CC[C@H](C(=O)NCCc2cc(F)cc3c2OCOC3)C1. The molecule has 0 spiro atoms. The normalized spacial score (nSPS) is 22.5. The van der Waals surface area contributed by atoms with Crippen LogP contribution >= 0.6 is 0 Å². The Balaban J connectivity index is 1.54. The van der Waals surface area contributed by atoms with E-state index in [-0.39, 0.29) is 24.4 Å². The molecule has 1 aromatic rings. The van der Waals surface area contributed by atoms with E-state index in [4.69, 9.17) is 14.6 Å². The molecule has 1 saturated carbocycles. The van der Waals surface area contributed by atoms with Crippen molar-refractivity contribution >= 4 is 11.9 Å². The van der Waals surface area contributed by atoms with Crippen LogP contribution in [0.2, 0.25) is 0 Å². The van der Waals surface area contributed by atoms with Gasteiger partial charge in [0, 0.05) is 18.0 Å². The topological polar surface area (TPSA) is 84.9 Å². The summed E-state index contributed by atoms with van der Waals surface area (Å²) >= 11 is 0. The first kappa shape index (κ1) is 16.7.